The van der Waals surface area contributed by atoms with Gasteiger partial charge >= 0.3 is 11.7 Å². The lowest BCUT2D eigenvalue weighted by Crippen LogP contribution is -2.33. The lowest BCUT2D eigenvalue weighted by atomic mass is 10.1. The van der Waals surface area contributed by atoms with E-state index in [0.717, 1.165) is 10.4 Å². The Labute approximate surface area is 155 Å². The molecule has 27 heavy (non-hydrogen) atoms. The summed E-state index contributed by atoms with van der Waals surface area (Å²) in [5, 5.41) is 20.3. The van der Waals surface area contributed by atoms with Crippen LogP contribution in [0.2, 0.25) is 0 Å². The third-order valence-corrected chi connectivity index (χ3v) is 5.63. The van der Waals surface area contributed by atoms with Crippen LogP contribution in [0.5, 0.6) is 0 Å². The van der Waals surface area contributed by atoms with Gasteiger partial charge in [0.05, 0.1) is 21.1 Å². The molecule has 0 radical (unpaired) electrons. The van der Waals surface area contributed by atoms with Gasteiger partial charge in [-0.15, -0.1) is 0 Å². The molecule has 0 fully saturated rings. The topological polar surface area (TPSA) is 118 Å². The highest BCUT2D eigenvalue weighted by atomic mass is 32.2. The molecule has 8 nitrogen and oxygen atoms in total. The summed E-state index contributed by atoms with van der Waals surface area (Å²) in [5.74, 6) is -2.47. The number of nitrogens with zero attached hydrogens (tertiary/aromatic N) is 2. The Hall–Kier alpha value is -3.01. The van der Waals surface area contributed by atoms with Crippen molar-refractivity contribution in [1.29, 1.82) is 0 Å². The van der Waals surface area contributed by atoms with Crippen LogP contribution in [-0.4, -0.2) is 31.0 Å². The quantitative estimate of drug-likeness (QED) is 0.539. The molecule has 0 atom stereocenters. The number of para-hydroxylation sites is 1. The van der Waals surface area contributed by atoms with Crippen LogP contribution in [0.4, 0.5) is 15.8 Å². The number of carbonyl (C=O) groups is 1. The van der Waals surface area contributed by atoms with Gasteiger partial charge in [0.15, 0.2) is 0 Å². The highest BCUT2D eigenvalue weighted by molar-refractivity contribution is 7.92. The zero-order valence-corrected chi connectivity index (χ0v) is 15.1. The average Bonchev–Trinajstić information content (AvgIpc) is 2.62. The molecule has 2 rings (SSSR count). The van der Waals surface area contributed by atoms with Crippen molar-refractivity contribution < 1.29 is 27.6 Å². The number of aromatic carboxylic acids is 1. The second kappa shape index (κ2) is 8.12. The Bertz CT molecular complexity index is 977. The number of benzene rings is 2. The Morgan fingerprint density at radius 3 is 2.52 bits per heavy atom. The van der Waals surface area contributed by atoms with E-state index < -0.39 is 37.3 Å². The van der Waals surface area contributed by atoms with Crippen molar-refractivity contribution >= 4 is 27.4 Å². The number of sulfonamides is 1. The van der Waals surface area contributed by atoms with Crippen molar-refractivity contribution in [2.24, 2.45) is 0 Å². The summed E-state index contributed by atoms with van der Waals surface area (Å²) in [7, 11) is -4.36. The molecule has 0 saturated carbocycles. The minimum atomic E-state index is -4.36. The first-order chi connectivity index (χ1) is 12.7. The molecule has 0 aliphatic heterocycles. The van der Waals surface area contributed by atoms with E-state index in [-0.39, 0.29) is 17.8 Å². The third kappa shape index (κ3) is 4.22. The highest BCUT2D eigenvalue weighted by Crippen LogP contribution is 2.30. The highest BCUT2D eigenvalue weighted by Gasteiger charge is 2.30. The minimum Gasteiger partial charge on any atom is -0.478 e. The van der Waals surface area contributed by atoms with Gasteiger partial charge in [-0.25, -0.2) is 13.2 Å². The fourth-order valence-corrected chi connectivity index (χ4v) is 4.01. The summed E-state index contributed by atoms with van der Waals surface area (Å²) in [6.45, 7) is 1.80. The number of hydrogen-bond donors (Lipinski definition) is 1. The summed E-state index contributed by atoms with van der Waals surface area (Å²) >= 11 is 0. The molecule has 10 heteroatoms. The second-order valence-corrected chi connectivity index (χ2v) is 7.49. The van der Waals surface area contributed by atoms with Gasteiger partial charge in [0, 0.05) is 12.6 Å². The van der Waals surface area contributed by atoms with Crippen molar-refractivity contribution in [2.75, 3.05) is 10.8 Å². The second-order valence-electron chi connectivity index (χ2n) is 5.62. The van der Waals surface area contributed by atoms with E-state index in [4.69, 9.17) is 0 Å². The van der Waals surface area contributed by atoms with Crippen LogP contribution in [0.25, 0.3) is 0 Å². The summed E-state index contributed by atoms with van der Waals surface area (Å²) in [4.78, 5) is 20.9. The fraction of sp³-hybridized carbons (Fsp3) is 0.235. The van der Waals surface area contributed by atoms with Crippen molar-refractivity contribution in [3.8, 4) is 0 Å². The molecule has 0 aromatic heterocycles. The van der Waals surface area contributed by atoms with E-state index in [9.17, 15) is 32.8 Å². The molecule has 0 spiro atoms. The van der Waals surface area contributed by atoms with Crippen molar-refractivity contribution in [1.82, 2.24) is 0 Å². The molecule has 0 bridgehead atoms. The van der Waals surface area contributed by atoms with Gasteiger partial charge in [0.1, 0.15) is 0 Å². The minimum absolute atomic E-state index is 0.0334. The number of rotatable bonds is 8. The molecular formula is C17H17FN2O6S. The summed E-state index contributed by atoms with van der Waals surface area (Å²) in [6.07, 6.45) is 1.06. The molecule has 0 amide bonds. The molecule has 0 aliphatic rings. The number of halogens is 1. The monoisotopic (exact) mass is 396 g/mol. The Morgan fingerprint density at radius 1 is 1.26 bits per heavy atom. The maximum absolute atomic E-state index is 13.6. The third-order valence-electron chi connectivity index (χ3n) is 3.82. The predicted molar refractivity (Wildman–Crippen MR) is 95.9 cm³/mol. The summed E-state index contributed by atoms with van der Waals surface area (Å²) in [6, 6.07) is 7.80. The van der Waals surface area contributed by atoms with Crippen LogP contribution >= 0.6 is 0 Å². The zero-order valence-electron chi connectivity index (χ0n) is 14.3. The van der Waals surface area contributed by atoms with Gasteiger partial charge in [-0.1, -0.05) is 25.5 Å². The van der Waals surface area contributed by atoms with Gasteiger partial charge in [0.25, 0.3) is 10.0 Å². The van der Waals surface area contributed by atoms with Gasteiger partial charge in [-0.3, -0.25) is 14.4 Å². The number of unbranched alkanes of at least 4 members (excludes halogenated alkanes) is 1. The van der Waals surface area contributed by atoms with Crippen LogP contribution < -0.4 is 4.31 Å². The maximum atomic E-state index is 13.6. The normalized spacial score (nSPS) is 11.2. The number of hydrogen-bond acceptors (Lipinski definition) is 5. The van der Waals surface area contributed by atoms with Crippen LogP contribution in [0.3, 0.4) is 0 Å². The smallest absolute Gasteiger partial charge is 0.337 e. The van der Waals surface area contributed by atoms with Gasteiger partial charge in [0.2, 0.25) is 5.82 Å². The number of nitro benzene ring substituents is 1. The van der Waals surface area contributed by atoms with Gasteiger partial charge in [-0.2, -0.15) is 4.39 Å². The first-order valence-electron chi connectivity index (χ1n) is 7.99. The molecule has 2 aromatic carbocycles. The SMILES string of the molecule is CCCCN(c1ccccc1C(=O)O)S(=O)(=O)c1ccc(F)c([N+](=O)[O-])c1. The Kier molecular flexibility index (Phi) is 6.11. The number of anilines is 1. The predicted octanol–water partition coefficient (Wildman–Crippen LogP) is 3.43. The molecule has 2 aromatic rings. The first kappa shape index (κ1) is 20.3. The van der Waals surface area contributed by atoms with Crippen LogP contribution in [0, 0.1) is 15.9 Å². The Balaban J connectivity index is 2.65. The number of carboxylic acid groups (broad SMARTS) is 1. The number of nitro groups is 1. The molecule has 0 saturated heterocycles. The van der Waals surface area contributed by atoms with Crippen LogP contribution in [0.1, 0.15) is 30.1 Å². The largest absolute Gasteiger partial charge is 0.478 e. The van der Waals surface area contributed by atoms with E-state index in [2.05, 4.69) is 0 Å². The van der Waals surface area contributed by atoms with Crippen molar-refractivity contribution in [3.05, 3.63) is 64.0 Å². The van der Waals surface area contributed by atoms with Gasteiger partial charge in [-0.05, 0) is 30.7 Å². The van der Waals surface area contributed by atoms with Crippen molar-refractivity contribution in [3.63, 3.8) is 0 Å². The van der Waals surface area contributed by atoms with Gasteiger partial charge < -0.3 is 5.11 Å². The molecule has 0 heterocycles. The van der Waals surface area contributed by atoms with Crippen LogP contribution in [0.15, 0.2) is 47.4 Å². The van der Waals surface area contributed by atoms with E-state index in [1.807, 2.05) is 6.92 Å². The first-order valence-corrected chi connectivity index (χ1v) is 9.43. The molecule has 1 N–H and O–H groups in total. The average molecular weight is 396 g/mol. The van der Waals surface area contributed by atoms with E-state index >= 15 is 0 Å². The Morgan fingerprint density at radius 2 is 1.93 bits per heavy atom. The van der Waals surface area contributed by atoms with Crippen LogP contribution in [-0.2, 0) is 10.0 Å². The van der Waals surface area contributed by atoms with E-state index in [1.165, 1.54) is 24.3 Å². The summed E-state index contributed by atoms with van der Waals surface area (Å²) < 4.78 is 40.6. The molecule has 144 valence electrons. The van der Waals surface area contributed by atoms with Crippen molar-refractivity contribution in [2.45, 2.75) is 24.7 Å². The molecular weight excluding hydrogens is 379 g/mol. The van der Waals surface area contributed by atoms with E-state index in [0.29, 0.717) is 25.0 Å². The maximum Gasteiger partial charge on any atom is 0.337 e. The standard InChI is InChI=1S/C17H17FN2O6S/c1-2-3-10-19(15-7-5-4-6-13(15)17(21)22)27(25,26)12-8-9-14(18)16(11-12)20(23)24/h4-9,11H,2-3,10H2,1H3,(H,21,22). The zero-order chi connectivity index (χ0) is 20.2. The number of carboxylic acids is 1. The summed E-state index contributed by atoms with van der Waals surface area (Å²) in [5.41, 5.74) is -1.27. The lowest BCUT2D eigenvalue weighted by molar-refractivity contribution is -0.387. The van der Waals surface area contributed by atoms with E-state index in [1.54, 1.807) is 0 Å². The lowest BCUT2D eigenvalue weighted by Gasteiger charge is -2.25. The fourth-order valence-electron chi connectivity index (χ4n) is 2.46. The molecule has 0 aliphatic carbocycles. The molecule has 0 unspecified atom stereocenters.